The van der Waals surface area contributed by atoms with E-state index in [0.717, 1.165) is 50.3 Å². The summed E-state index contributed by atoms with van der Waals surface area (Å²) in [6, 6.07) is 0. The first-order valence-electron chi connectivity index (χ1n) is 6.19. The molecule has 0 radical (unpaired) electrons. The minimum Gasteiger partial charge on any atom is -0.493 e. The zero-order valence-electron chi connectivity index (χ0n) is 10.0. The molecule has 0 unspecified atom stereocenters. The van der Waals surface area contributed by atoms with Crippen molar-refractivity contribution in [3.05, 3.63) is 22.3 Å². The SMILES string of the molecule is Cc1c2c(c(CCC=O)c3c1OCC3)OCC2. The van der Waals surface area contributed by atoms with Gasteiger partial charge in [0.05, 0.1) is 13.2 Å². The Kier molecular flexibility index (Phi) is 2.54. The molecule has 3 heteroatoms. The van der Waals surface area contributed by atoms with Crippen LogP contribution in [0.15, 0.2) is 0 Å². The van der Waals surface area contributed by atoms with E-state index < -0.39 is 0 Å². The average Bonchev–Trinajstić information content (AvgIpc) is 2.97. The third kappa shape index (κ3) is 1.53. The minimum atomic E-state index is 0.561. The van der Waals surface area contributed by atoms with Crippen molar-refractivity contribution >= 4 is 6.29 Å². The summed E-state index contributed by atoms with van der Waals surface area (Å²) in [5, 5.41) is 0. The van der Waals surface area contributed by atoms with Crippen molar-refractivity contribution in [2.45, 2.75) is 32.6 Å². The van der Waals surface area contributed by atoms with Crippen LogP contribution in [0.1, 0.15) is 28.7 Å². The van der Waals surface area contributed by atoms with Gasteiger partial charge in [-0.05, 0) is 18.9 Å². The van der Waals surface area contributed by atoms with Crippen LogP contribution >= 0.6 is 0 Å². The number of aldehydes is 1. The maximum Gasteiger partial charge on any atom is 0.126 e. The van der Waals surface area contributed by atoms with E-state index in [4.69, 9.17) is 9.47 Å². The van der Waals surface area contributed by atoms with Crippen molar-refractivity contribution in [1.82, 2.24) is 0 Å². The lowest BCUT2D eigenvalue weighted by Crippen LogP contribution is -1.99. The van der Waals surface area contributed by atoms with E-state index in [0.29, 0.717) is 6.42 Å². The third-order valence-electron chi connectivity index (χ3n) is 3.69. The average molecular weight is 232 g/mol. The number of carbonyl (C=O) groups excluding carboxylic acids is 1. The molecular formula is C14H16O3. The standard InChI is InChI=1S/C14H16O3/c1-9-10-4-7-17-14(10)11(3-2-6-15)12-5-8-16-13(9)12/h6H,2-5,7-8H2,1H3. The second kappa shape index (κ2) is 4.06. The van der Waals surface area contributed by atoms with Crippen LogP contribution in [0.3, 0.4) is 0 Å². The van der Waals surface area contributed by atoms with Crippen LogP contribution in [0, 0.1) is 6.92 Å². The maximum atomic E-state index is 10.6. The molecule has 1 aromatic rings. The second-order valence-corrected chi connectivity index (χ2v) is 4.62. The van der Waals surface area contributed by atoms with E-state index in [1.165, 1.54) is 22.3 Å². The molecule has 0 spiro atoms. The lowest BCUT2D eigenvalue weighted by Gasteiger charge is -2.14. The van der Waals surface area contributed by atoms with Crippen molar-refractivity contribution in [1.29, 1.82) is 0 Å². The maximum absolute atomic E-state index is 10.6. The highest BCUT2D eigenvalue weighted by atomic mass is 16.5. The van der Waals surface area contributed by atoms with Gasteiger partial charge in [0.15, 0.2) is 0 Å². The first kappa shape index (κ1) is 10.6. The first-order chi connectivity index (χ1) is 8.33. The lowest BCUT2D eigenvalue weighted by atomic mass is 9.93. The number of fused-ring (bicyclic) bond motifs is 2. The predicted molar refractivity (Wildman–Crippen MR) is 64.0 cm³/mol. The number of hydrogen-bond donors (Lipinski definition) is 0. The molecule has 17 heavy (non-hydrogen) atoms. The number of ether oxygens (including phenoxy) is 2. The highest BCUT2D eigenvalue weighted by Gasteiger charge is 2.28. The number of hydrogen-bond acceptors (Lipinski definition) is 3. The molecule has 0 amide bonds. The predicted octanol–water partition coefficient (Wildman–Crippen LogP) is 2.00. The lowest BCUT2D eigenvalue weighted by molar-refractivity contribution is -0.107. The normalized spacial score (nSPS) is 16.1. The summed E-state index contributed by atoms with van der Waals surface area (Å²) in [5.74, 6) is 2.09. The third-order valence-corrected chi connectivity index (χ3v) is 3.69. The largest absolute Gasteiger partial charge is 0.493 e. The van der Waals surface area contributed by atoms with Crippen LogP contribution in [0.5, 0.6) is 11.5 Å². The van der Waals surface area contributed by atoms with Crippen molar-refractivity contribution in [2.75, 3.05) is 13.2 Å². The van der Waals surface area contributed by atoms with Crippen LogP contribution in [0.25, 0.3) is 0 Å². The summed E-state index contributed by atoms with van der Waals surface area (Å²) >= 11 is 0. The molecule has 3 rings (SSSR count). The molecule has 3 nitrogen and oxygen atoms in total. The Bertz CT molecular complexity index is 442. The Morgan fingerprint density at radius 3 is 2.59 bits per heavy atom. The first-order valence-corrected chi connectivity index (χ1v) is 6.19. The van der Waals surface area contributed by atoms with Crippen LogP contribution < -0.4 is 9.47 Å². The quantitative estimate of drug-likeness (QED) is 0.748. The molecule has 0 bridgehead atoms. The van der Waals surface area contributed by atoms with Gasteiger partial charge in [-0.15, -0.1) is 0 Å². The van der Waals surface area contributed by atoms with Crippen molar-refractivity contribution in [3.8, 4) is 11.5 Å². The Morgan fingerprint density at radius 1 is 1.12 bits per heavy atom. The summed E-state index contributed by atoms with van der Waals surface area (Å²) in [4.78, 5) is 10.6. The van der Waals surface area contributed by atoms with Gasteiger partial charge in [-0.2, -0.15) is 0 Å². The van der Waals surface area contributed by atoms with Crippen LogP contribution in [0.2, 0.25) is 0 Å². The molecule has 0 saturated heterocycles. The fraction of sp³-hybridized carbons (Fsp3) is 0.500. The monoisotopic (exact) mass is 232 g/mol. The van der Waals surface area contributed by atoms with Gasteiger partial charge in [-0.25, -0.2) is 0 Å². The molecule has 0 saturated carbocycles. The highest BCUT2D eigenvalue weighted by molar-refractivity contribution is 5.62. The highest BCUT2D eigenvalue weighted by Crippen LogP contribution is 2.44. The summed E-state index contributed by atoms with van der Waals surface area (Å²) < 4.78 is 11.5. The van der Waals surface area contributed by atoms with Gasteiger partial charge in [0.2, 0.25) is 0 Å². The van der Waals surface area contributed by atoms with E-state index >= 15 is 0 Å². The van der Waals surface area contributed by atoms with Crippen molar-refractivity contribution in [2.24, 2.45) is 0 Å². The van der Waals surface area contributed by atoms with E-state index in [2.05, 4.69) is 6.92 Å². The smallest absolute Gasteiger partial charge is 0.126 e. The van der Waals surface area contributed by atoms with Crippen molar-refractivity contribution < 1.29 is 14.3 Å². The Hall–Kier alpha value is -1.51. The van der Waals surface area contributed by atoms with Crippen molar-refractivity contribution in [3.63, 3.8) is 0 Å². The van der Waals surface area contributed by atoms with Crippen LogP contribution in [0.4, 0.5) is 0 Å². The molecule has 2 heterocycles. The van der Waals surface area contributed by atoms with Gasteiger partial charge in [0, 0.05) is 36.0 Å². The Balaban J connectivity index is 2.15. The minimum absolute atomic E-state index is 0.561. The number of benzene rings is 1. The van der Waals surface area contributed by atoms with E-state index in [1.54, 1.807) is 0 Å². The molecule has 2 aliphatic heterocycles. The molecule has 1 aromatic carbocycles. The topological polar surface area (TPSA) is 35.5 Å². The second-order valence-electron chi connectivity index (χ2n) is 4.62. The molecule has 90 valence electrons. The zero-order valence-corrected chi connectivity index (χ0v) is 10.0. The molecule has 2 aliphatic rings. The van der Waals surface area contributed by atoms with E-state index in [-0.39, 0.29) is 0 Å². The number of carbonyl (C=O) groups is 1. The zero-order chi connectivity index (χ0) is 11.8. The summed E-state index contributed by atoms with van der Waals surface area (Å²) in [6.45, 7) is 3.63. The van der Waals surface area contributed by atoms with Crippen LogP contribution in [-0.2, 0) is 24.1 Å². The molecule has 0 aromatic heterocycles. The summed E-state index contributed by atoms with van der Waals surface area (Å²) in [7, 11) is 0. The molecule has 0 fully saturated rings. The fourth-order valence-electron chi connectivity index (χ4n) is 2.90. The summed E-state index contributed by atoms with van der Waals surface area (Å²) in [6.07, 6.45) is 4.22. The van der Waals surface area contributed by atoms with Gasteiger partial charge in [-0.1, -0.05) is 0 Å². The van der Waals surface area contributed by atoms with E-state index in [9.17, 15) is 4.79 Å². The molecular weight excluding hydrogens is 216 g/mol. The van der Waals surface area contributed by atoms with Gasteiger partial charge in [-0.3, -0.25) is 0 Å². The number of rotatable bonds is 3. The van der Waals surface area contributed by atoms with Gasteiger partial charge >= 0.3 is 0 Å². The molecule has 0 aliphatic carbocycles. The van der Waals surface area contributed by atoms with Crippen LogP contribution in [-0.4, -0.2) is 19.5 Å². The van der Waals surface area contributed by atoms with E-state index in [1.807, 2.05) is 0 Å². The molecule has 0 atom stereocenters. The Morgan fingerprint density at radius 2 is 1.82 bits per heavy atom. The summed E-state index contributed by atoms with van der Waals surface area (Å²) in [5.41, 5.74) is 5.00. The van der Waals surface area contributed by atoms with Gasteiger partial charge in [0.25, 0.3) is 0 Å². The van der Waals surface area contributed by atoms with Gasteiger partial charge in [0.1, 0.15) is 17.8 Å². The fourth-order valence-corrected chi connectivity index (χ4v) is 2.90. The Labute approximate surface area is 101 Å². The van der Waals surface area contributed by atoms with Gasteiger partial charge < -0.3 is 14.3 Å². The molecule has 0 N–H and O–H groups in total.